The number of aromatic nitrogens is 2. The maximum atomic E-state index is 15.1. The number of anilines is 3. The standard InChI is InChI=1S/C24H30F4N6O4/c1-6-29-19-15(24(26,27)28)13-30-21(32-19)31-17-12-16(25)14(11-18(17)37-5)20(35)33-7-9-34(10-8-33)22(36)38-23(2,3)4/h11-13H,6-10H2,1-5H3,(H2,29,30,31,32). The Balaban J connectivity index is 1.77. The van der Waals surface area contributed by atoms with Gasteiger partial charge in [-0.3, -0.25) is 4.79 Å². The van der Waals surface area contributed by atoms with Crippen LogP contribution >= 0.6 is 0 Å². The number of nitrogens with zero attached hydrogens (tertiary/aromatic N) is 4. The lowest BCUT2D eigenvalue weighted by Gasteiger charge is -2.35. The number of rotatable bonds is 6. The number of ether oxygens (including phenoxy) is 2. The molecule has 208 valence electrons. The van der Waals surface area contributed by atoms with Crippen molar-refractivity contribution in [3.05, 3.63) is 35.3 Å². The third-order valence-electron chi connectivity index (χ3n) is 5.42. The van der Waals surface area contributed by atoms with Crippen LogP contribution in [0.3, 0.4) is 0 Å². The smallest absolute Gasteiger partial charge is 0.421 e. The minimum Gasteiger partial charge on any atom is -0.495 e. The molecule has 38 heavy (non-hydrogen) atoms. The Labute approximate surface area is 217 Å². The lowest BCUT2D eigenvalue weighted by molar-refractivity contribution is -0.137. The molecule has 1 aromatic heterocycles. The van der Waals surface area contributed by atoms with Crippen molar-refractivity contribution in [1.29, 1.82) is 0 Å². The first-order valence-corrected chi connectivity index (χ1v) is 11.8. The Hall–Kier alpha value is -3.84. The topological polar surface area (TPSA) is 109 Å². The molecule has 0 bridgehead atoms. The maximum absolute atomic E-state index is 15.1. The SMILES string of the molecule is CCNc1nc(Nc2cc(F)c(C(=O)N3CCN(C(=O)OC(C)(C)C)CC3)cc2OC)ncc1C(F)(F)F. The van der Waals surface area contributed by atoms with E-state index in [1.165, 1.54) is 23.0 Å². The van der Waals surface area contributed by atoms with Crippen LogP contribution < -0.4 is 15.4 Å². The summed E-state index contributed by atoms with van der Waals surface area (Å²) in [5, 5.41) is 5.18. The zero-order chi connectivity index (χ0) is 28.3. The molecule has 3 rings (SSSR count). The van der Waals surface area contributed by atoms with Crippen LogP contribution in [0.15, 0.2) is 18.3 Å². The Bertz CT molecular complexity index is 1180. The van der Waals surface area contributed by atoms with Crippen LogP contribution in [0.1, 0.15) is 43.6 Å². The van der Waals surface area contributed by atoms with Crippen molar-refractivity contribution >= 4 is 29.5 Å². The van der Waals surface area contributed by atoms with E-state index in [0.29, 0.717) is 6.20 Å². The minimum atomic E-state index is -4.67. The molecule has 10 nitrogen and oxygen atoms in total. The molecular formula is C24H30F4N6O4. The van der Waals surface area contributed by atoms with Crippen molar-refractivity contribution in [2.45, 2.75) is 39.5 Å². The van der Waals surface area contributed by atoms with E-state index in [-0.39, 0.29) is 55.7 Å². The number of carbonyl (C=O) groups is 2. The van der Waals surface area contributed by atoms with Gasteiger partial charge in [-0.25, -0.2) is 14.2 Å². The molecule has 1 aliphatic heterocycles. The Morgan fingerprint density at radius 1 is 1.08 bits per heavy atom. The summed E-state index contributed by atoms with van der Waals surface area (Å²) in [6.45, 7) is 7.84. The third kappa shape index (κ3) is 6.92. The number of alkyl halides is 3. The number of hydrogen-bond acceptors (Lipinski definition) is 8. The van der Waals surface area contributed by atoms with E-state index in [9.17, 15) is 22.8 Å². The second-order valence-corrected chi connectivity index (χ2v) is 9.40. The molecule has 0 radical (unpaired) electrons. The van der Waals surface area contributed by atoms with Gasteiger partial charge in [-0.15, -0.1) is 0 Å². The number of methoxy groups -OCH3 is 1. The van der Waals surface area contributed by atoms with Crippen molar-refractivity contribution < 1.29 is 36.6 Å². The monoisotopic (exact) mass is 542 g/mol. The van der Waals surface area contributed by atoms with E-state index in [2.05, 4.69) is 20.6 Å². The van der Waals surface area contributed by atoms with E-state index >= 15 is 4.39 Å². The highest BCUT2D eigenvalue weighted by molar-refractivity contribution is 5.96. The van der Waals surface area contributed by atoms with Gasteiger partial charge in [0.2, 0.25) is 5.95 Å². The van der Waals surface area contributed by atoms with Gasteiger partial charge in [-0.1, -0.05) is 0 Å². The number of hydrogen-bond donors (Lipinski definition) is 2. The second-order valence-electron chi connectivity index (χ2n) is 9.40. The molecule has 1 aromatic carbocycles. The first-order valence-electron chi connectivity index (χ1n) is 11.8. The Kier molecular flexibility index (Phi) is 8.52. The molecule has 1 saturated heterocycles. The van der Waals surface area contributed by atoms with E-state index in [0.717, 1.165) is 6.07 Å². The summed E-state index contributed by atoms with van der Waals surface area (Å²) in [6, 6.07) is 2.17. The van der Waals surface area contributed by atoms with E-state index in [1.807, 2.05) is 0 Å². The van der Waals surface area contributed by atoms with E-state index in [4.69, 9.17) is 9.47 Å². The van der Waals surface area contributed by atoms with Crippen LogP contribution in [0.4, 0.5) is 39.8 Å². The molecule has 2 N–H and O–H groups in total. The van der Waals surface area contributed by atoms with Crippen LogP contribution in [0.25, 0.3) is 0 Å². The van der Waals surface area contributed by atoms with Gasteiger partial charge in [0.1, 0.15) is 28.5 Å². The fraction of sp³-hybridized carbons (Fsp3) is 0.500. The molecule has 2 heterocycles. The summed E-state index contributed by atoms with van der Waals surface area (Å²) in [6.07, 6.45) is -4.54. The van der Waals surface area contributed by atoms with Gasteiger partial charge in [-0.05, 0) is 33.8 Å². The summed E-state index contributed by atoms with van der Waals surface area (Å²) < 4.78 is 65.4. The van der Waals surface area contributed by atoms with Crippen LogP contribution in [-0.4, -0.2) is 77.2 Å². The number of halogens is 4. The van der Waals surface area contributed by atoms with Crippen LogP contribution in [-0.2, 0) is 10.9 Å². The molecule has 0 saturated carbocycles. The zero-order valence-electron chi connectivity index (χ0n) is 21.7. The molecule has 0 atom stereocenters. The Morgan fingerprint density at radius 3 is 2.26 bits per heavy atom. The van der Waals surface area contributed by atoms with E-state index < -0.39 is 41.0 Å². The van der Waals surface area contributed by atoms with Crippen molar-refractivity contribution in [3.63, 3.8) is 0 Å². The summed E-state index contributed by atoms with van der Waals surface area (Å²) in [7, 11) is 1.30. The Morgan fingerprint density at radius 2 is 1.71 bits per heavy atom. The number of piperazine rings is 1. The molecule has 2 amide bonds. The predicted molar refractivity (Wildman–Crippen MR) is 131 cm³/mol. The molecule has 0 unspecified atom stereocenters. The molecule has 1 fully saturated rings. The van der Waals surface area contributed by atoms with Crippen LogP contribution in [0, 0.1) is 5.82 Å². The first kappa shape index (κ1) is 28.7. The third-order valence-corrected chi connectivity index (χ3v) is 5.42. The molecule has 1 aliphatic rings. The van der Waals surface area contributed by atoms with Gasteiger partial charge in [0, 0.05) is 45.0 Å². The van der Waals surface area contributed by atoms with Gasteiger partial charge in [0.15, 0.2) is 0 Å². The number of nitrogens with one attached hydrogen (secondary N) is 2. The predicted octanol–water partition coefficient (Wildman–Crippen LogP) is 4.51. The van der Waals surface area contributed by atoms with Crippen molar-refractivity contribution in [3.8, 4) is 5.75 Å². The fourth-order valence-electron chi connectivity index (χ4n) is 3.64. The molecule has 2 aromatic rings. The highest BCUT2D eigenvalue weighted by Gasteiger charge is 2.35. The minimum absolute atomic E-state index is 0.0125. The zero-order valence-corrected chi connectivity index (χ0v) is 21.7. The van der Waals surface area contributed by atoms with Gasteiger partial charge in [0.25, 0.3) is 5.91 Å². The normalized spacial score (nSPS) is 14.2. The number of benzene rings is 1. The lowest BCUT2D eigenvalue weighted by Crippen LogP contribution is -2.51. The molecule has 0 aliphatic carbocycles. The van der Waals surface area contributed by atoms with Crippen molar-refractivity contribution in [2.75, 3.05) is 50.5 Å². The maximum Gasteiger partial charge on any atom is 0.421 e. The summed E-state index contributed by atoms with van der Waals surface area (Å²) >= 11 is 0. The van der Waals surface area contributed by atoms with Crippen molar-refractivity contribution in [1.82, 2.24) is 19.8 Å². The number of amides is 2. The molecule has 0 spiro atoms. The summed E-state index contributed by atoms with van der Waals surface area (Å²) in [5.74, 6) is -2.10. The summed E-state index contributed by atoms with van der Waals surface area (Å²) in [5.41, 5.74) is -1.95. The first-order chi connectivity index (χ1) is 17.7. The van der Waals surface area contributed by atoms with Crippen LogP contribution in [0.5, 0.6) is 5.75 Å². The lowest BCUT2D eigenvalue weighted by atomic mass is 10.1. The second kappa shape index (κ2) is 11.3. The van der Waals surface area contributed by atoms with Gasteiger partial charge >= 0.3 is 12.3 Å². The van der Waals surface area contributed by atoms with Gasteiger partial charge < -0.3 is 29.9 Å². The largest absolute Gasteiger partial charge is 0.495 e. The van der Waals surface area contributed by atoms with Gasteiger partial charge in [0.05, 0.1) is 18.4 Å². The highest BCUT2D eigenvalue weighted by Crippen LogP contribution is 2.35. The average molecular weight is 543 g/mol. The number of carbonyl (C=O) groups excluding carboxylic acids is 2. The fourth-order valence-corrected chi connectivity index (χ4v) is 3.64. The van der Waals surface area contributed by atoms with Gasteiger partial charge in [-0.2, -0.15) is 18.2 Å². The van der Waals surface area contributed by atoms with Crippen molar-refractivity contribution in [2.24, 2.45) is 0 Å². The van der Waals surface area contributed by atoms with E-state index in [1.54, 1.807) is 27.7 Å². The molecular weight excluding hydrogens is 512 g/mol. The quantitative estimate of drug-likeness (QED) is 0.514. The highest BCUT2D eigenvalue weighted by atomic mass is 19.4. The summed E-state index contributed by atoms with van der Waals surface area (Å²) in [4.78, 5) is 35.7. The average Bonchev–Trinajstić information content (AvgIpc) is 2.82. The molecule has 14 heteroatoms. The van der Waals surface area contributed by atoms with Crippen LogP contribution in [0.2, 0.25) is 0 Å².